The zero-order valence-corrected chi connectivity index (χ0v) is 12.0. The van der Waals surface area contributed by atoms with E-state index < -0.39 is 0 Å². The van der Waals surface area contributed by atoms with Gasteiger partial charge in [-0.15, -0.1) is 0 Å². The van der Waals surface area contributed by atoms with Gasteiger partial charge in [-0.3, -0.25) is 4.68 Å². The molecule has 0 amide bonds. The average molecular weight is 237 g/mol. The monoisotopic (exact) mass is 237 g/mol. The van der Waals surface area contributed by atoms with E-state index in [4.69, 9.17) is 0 Å². The normalized spacial score (nSPS) is 13.3. The Morgan fingerprint density at radius 3 is 2.65 bits per heavy atom. The van der Waals surface area contributed by atoms with Crippen LogP contribution in [0.15, 0.2) is 6.07 Å². The molecule has 0 saturated carbocycles. The molecule has 1 rings (SSSR count). The van der Waals surface area contributed by atoms with Crippen LogP contribution >= 0.6 is 0 Å². The Hall–Kier alpha value is -0.830. The fourth-order valence-electron chi connectivity index (χ4n) is 2.39. The van der Waals surface area contributed by atoms with Crippen LogP contribution in [0.5, 0.6) is 0 Å². The van der Waals surface area contributed by atoms with E-state index in [1.165, 1.54) is 18.5 Å². The third-order valence-electron chi connectivity index (χ3n) is 3.41. The summed E-state index contributed by atoms with van der Waals surface area (Å²) in [6, 6.07) is 2.85. The minimum absolute atomic E-state index is 0.633. The van der Waals surface area contributed by atoms with E-state index in [1.807, 2.05) is 0 Å². The molecule has 1 heterocycles. The molecule has 0 aromatic carbocycles. The summed E-state index contributed by atoms with van der Waals surface area (Å²) in [5.74, 6) is 0.706. The third-order valence-corrected chi connectivity index (χ3v) is 3.41. The minimum atomic E-state index is 0.633. The Balaban J connectivity index is 2.44. The predicted molar refractivity (Wildman–Crippen MR) is 73.3 cm³/mol. The zero-order chi connectivity index (χ0) is 12.8. The first-order chi connectivity index (χ1) is 8.08. The Morgan fingerprint density at radius 1 is 1.41 bits per heavy atom. The Labute approximate surface area is 106 Å². The van der Waals surface area contributed by atoms with E-state index in [-0.39, 0.29) is 0 Å². The summed E-state index contributed by atoms with van der Waals surface area (Å²) in [4.78, 5) is 0. The number of hydrogen-bond acceptors (Lipinski definition) is 2. The minimum Gasteiger partial charge on any atom is -0.317 e. The highest BCUT2D eigenvalue weighted by Gasteiger charge is 2.11. The lowest BCUT2D eigenvalue weighted by molar-refractivity contribution is 0.391. The molecule has 17 heavy (non-hydrogen) atoms. The summed E-state index contributed by atoms with van der Waals surface area (Å²) < 4.78 is 2.12. The van der Waals surface area contributed by atoms with Gasteiger partial charge in [0.25, 0.3) is 0 Å². The zero-order valence-electron chi connectivity index (χ0n) is 12.0. The summed E-state index contributed by atoms with van der Waals surface area (Å²) >= 11 is 0. The highest BCUT2D eigenvalue weighted by atomic mass is 15.3. The van der Waals surface area contributed by atoms with Gasteiger partial charge in [-0.05, 0) is 52.1 Å². The number of rotatable bonds is 7. The average Bonchev–Trinajstić information content (AvgIpc) is 2.64. The van der Waals surface area contributed by atoms with Crippen molar-refractivity contribution in [2.75, 3.05) is 7.05 Å². The lowest BCUT2D eigenvalue weighted by Crippen LogP contribution is -2.30. The maximum absolute atomic E-state index is 4.48. The van der Waals surface area contributed by atoms with Crippen LogP contribution in [0.4, 0.5) is 0 Å². The van der Waals surface area contributed by atoms with Crippen LogP contribution in [0.25, 0.3) is 0 Å². The van der Waals surface area contributed by atoms with Crippen molar-refractivity contribution in [2.24, 2.45) is 5.92 Å². The number of aromatic nitrogens is 2. The fraction of sp³-hybridized carbons (Fsp3) is 0.786. The van der Waals surface area contributed by atoms with Gasteiger partial charge in [-0.2, -0.15) is 5.10 Å². The fourth-order valence-corrected chi connectivity index (χ4v) is 2.39. The Morgan fingerprint density at radius 2 is 2.12 bits per heavy atom. The van der Waals surface area contributed by atoms with Gasteiger partial charge in [0.2, 0.25) is 0 Å². The second-order valence-electron chi connectivity index (χ2n) is 5.12. The number of nitrogens with zero attached hydrogens (tertiary/aromatic N) is 2. The molecule has 0 saturated heterocycles. The number of aryl methyl sites for hydroxylation is 3. The van der Waals surface area contributed by atoms with Crippen LogP contribution in [-0.2, 0) is 13.0 Å². The van der Waals surface area contributed by atoms with Crippen LogP contribution in [0.1, 0.15) is 45.0 Å². The number of nitrogens with one attached hydrogen (secondary N) is 1. The highest BCUT2D eigenvalue weighted by molar-refractivity contribution is 5.09. The van der Waals surface area contributed by atoms with Gasteiger partial charge in [-0.1, -0.05) is 13.8 Å². The summed E-state index contributed by atoms with van der Waals surface area (Å²) in [6.07, 6.45) is 3.61. The first-order valence-corrected chi connectivity index (χ1v) is 6.79. The van der Waals surface area contributed by atoms with Crippen LogP contribution in [0, 0.1) is 12.8 Å². The Kier molecular flexibility index (Phi) is 5.69. The van der Waals surface area contributed by atoms with E-state index in [2.05, 4.69) is 55.9 Å². The molecule has 1 unspecified atom stereocenters. The molecular formula is C14H27N3. The molecule has 0 fully saturated rings. The lowest BCUT2D eigenvalue weighted by Gasteiger charge is -2.19. The van der Waals surface area contributed by atoms with Crippen molar-refractivity contribution in [1.29, 1.82) is 0 Å². The molecule has 98 valence electrons. The highest BCUT2D eigenvalue weighted by Crippen LogP contribution is 2.12. The molecule has 0 radical (unpaired) electrons. The van der Waals surface area contributed by atoms with Crippen LogP contribution in [0.3, 0.4) is 0 Å². The van der Waals surface area contributed by atoms with Gasteiger partial charge < -0.3 is 5.32 Å². The van der Waals surface area contributed by atoms with Crippen molar-refractivity contribution in [3.63, 3.8) is 0 Å². The Bertz CT molecular complexity index is 328. The van der Waals surface area contributed by atoms with Crippen molar-refractivity contribution < 1.29 is 0 Å². The van der Waals surface area contributed by atoms with E-state index in [1.54, 1.807) is 0 Å². The first-order valence-electron chi connectivity index (χ1n) is 6.79. The molecule has 0 aliphatic rings. The SMILES string of the molecule is CCn1nc(C)cc1CCCC(NC)C(C)C. The van der Waals surface area contributed by atoms with Crippen LogP contribution in [-0.4, -0.2) is 22.9 Å². The molecule has 1 aromatic heterocycles. The maximum atomic E-state index is 4.48. The van der Waals surface area contributed by atoms with Crippen molar-refractivity contribution in [3.05, 3.63) is 17.5 Å². The lowest BCUT2D eigenvalue weighted by atomic mass is 9.98. The topological polar surface area (TPSA) is 29.9 Å². The van der Waals surface area contributed by atoms with Crippen LogP contribution < -0.4 is 5.32 Å². The van der Waals surface area contributed by atoms with Crippen LogP contribution in [0.2, 0.25) is 0 Å². The van der Waals surface area contributed by atoms with Gasteiger partial charge in [0.15, 0.2) is 0 Å². The summed E-state index contributed by atoms with van der Waals surface area (Å²) in [7, 11) is 2.06. The second-order valence-corrected chi connectivity index (χ2v) is 5.12. The predicted octanol–water partition coefficient (Wildman–Crippen LogP) is 2.78. The van der Waals surface area contributed by atoms with E-state index in [9.17, 15) is 0 Å². The molecule has 0 aliphatic carbocycles. The van der Waals surface area contributed by atoms with E-state index >= 15 is 0 Å². The van der Waals surface area contributed by atoms with E-state index in [0.717, 1.165) is 18.7 Å². The standard InChI is InChI=1S/C14H27N3/c1-6-17-13(10-12(4)16-17)8-7-9-14(15-5)11(2)3/h10-11,14-15H,6-9H2,1-5H3. The molecule has 3 nitrogen and oxygen atoms in total. The molecule has 1 aromatic rings. The van der Waals surface area contributed by atoms with Crippen molar-refractivity contribution >= 4 is 0 Å². The van der Waals surface area contributed by atoms with Gasteiger partial charge in [0.1, 0.15) is 0 Å². The molecule has 1 N–H and O–H groups in total. The van der Waals surface area contributed by atoms with Crippen molar-refractivity contribution in [2.45, 2.75) is 59.5 Å². The molecule has 0 bridgehead atoms. The summed E-state index contributed by atoms with van der Waals surface area (Å²) in [5, 5.41) is 7.88. The summed E-state index contributed by atoms with van der Waals surface area (Å²) in [6.45, 7) is 9.76. The largest absolute Gasteiger partial charge is 0.317 e. The molecule has 3 heteroatoms. The van der Waals surface area contributed by atoms with Crippen molar-refractivity contribution in [1.82, 2.24) is 15.1 Å². The molecule has 0 aliphatic heterocycles. The molecule has 0 spiro atoms. The number of hydrogen-bond donors (Lipinski definition) is 1. The van der Waals surface area contributed by atoms with Gasteiger partial charge in [0, 0.05) is 18.3 Å². The molecular weight excluding hydrogens is 210 g/mol. The summed E-state index contributed by atoms with van der Waals surface area (Å²) in [5.41, 5.74) is 2.51. The van der Waals surface area contributed by atoms with Gasteiger partial charge in [-0.25, -0.2) is 0 Å². The third kappa shape index (κ3) is 4.15. The van der Waals surface area contributed by atoms with Gasteiger partial charge >= 0.3 is 0 Å². The smallest absolute Gasteiger partial charge is 0.0596 e. The molecule has 1 atom stereocenters. The maximum Gasteiger partial charge on any atom is 0.0596 e. The van der Waals surface area contributed by atoms with Crippen molar-refractivity contribution in [3.8, 4) is 0 Å². The van der Waals surface area contributed by atoms with E-state index in [0.29, 0.717) is 12.0 Å². The first kappa shape index (κ1) is 14.2. The quantitative estimate of drug-likeness (QED) is 0.790. The van der Waals surface area contributed by atoms with Gasteiger partial charge in [0.05, 0.1) is 5.69 Å². The second kappa shape index (κ2) is 6.80.